The van der Waals surface area contributed by atoms with Gasteiger partial charge in [0.15, 0.2) is 3.77 Å². The third-order valence-electron chi connectivity index (χ3n) is 0.965. The van der Waals surface area contributed by atoms with Crippen LogP contribution < -0.4 is 0 Å². The molecule has 10 heavy (non-hydrogen) atoms. The highest BCUT2D eigenvalue weighted by molar-refractivity contribution is 14.1. The number of rotatable bonds is 2. The molecule has 1 aromatic rings. The molecule has 54 valence electrons. The molecule has 0 aliphatic rings. The monoisotopic (exact) mass is 268 g/mol. The molecule has 0 radical (unpaired) electrons. The van der Waals surface area contributed by atoms with E-state index in [1.807, 2.05) is 24.3 Å². The van der Waals surface area contributed by atoms with Crippen molar-refractivity contribution in [3.63, 3.8) is 0 Å². The van der Waals surface area contributed by atoms with Crippen LogP contribution in [0.15, 0.2) is 22.6 Å². The SMILES string of the molecule is ClCC=Cc1ccc(I)o1. The zero-order valence-electron chi connectivity index (χ0n) is 5.18. The molecule has 1 aromatic heterocycles. The van der Waals surface area contributed by atoms with E-state index in [1.165, 1.54) is 0 Å². The lowest BCUT2D eigenvalue weighted by atomic mass is 10.4. The van der Waals surface area contributed by atoms with Gasteiger partial charge in [-0.3, -0.25) is 0 Å². The van der Waals surface area contributed by atoms with E-state index < -0.39 is 0 Å². The molecule has 1 rings (SSSR count). The number of hydrogen-bond acceptors (Lipinski definition) is 1. The first-order chi connectivity index (χ1) is 4.83. The Bertz CT molecular complexity index is 229. The molecule has 0 atom stereocenters. The summed E-state index contributed by atoms with van der Waals surface area (Å²) < 4.78 is 6.12. The summed E-state index contributed by atoms with van der Waals surface area (Å²) in [6.07, 6.45) is 3.70. The van der Waals surface area contributed by atoms with Gasteiger partial charge in [-0.15, -0.1) is 11.6 Å². The van der Waals surface area contributed by atoms with Gasteiger partial charge in [0.25, 0.3) is 0 Å². The van der Waals surface area contributed by atoms with Crippen molar-refractivity contribution in [1.29, 1.82) is 0 Å². The zero-order valence-corrected chi connectivity index (χ0v) is 8.09. The Morgan fingerprint density at radius 1 is 1.60 bits per heavy atom. The Kier molecular flexibility index (Phi) is 3.28. The minimum atomic E-state index is 0.525. The first kappa shape index (κ1) is 8.14. The quantitative estimate of drug-likeness (QED) is 0.593. The van der Waals surface area contributed by atoms with E-state index >= 15 is 0 Å². The molecule has 0 spiro atoms. The second-order valence-electron chi connectivity index (χ2n) is 1.70. The van der Waals surface area contributed by atoms with E-state index in [-0.39, 0.29) is 0 Å². The molecule has 3 heteroatoms. The molecular formula is C7H6ClIO. The average molecular weight is 268 g/mol. The summed E-state index contributed by atoms with van der Waals surface area (Å²) >= 11 is 7.55. The molecule has 0 amide bonds. The molecule has 0 aliphatic carbocycles. The summed E-state index contributed by atoms with van der Waals surface area (Å²) in [6, 6.07) is 3.82. The van der Waals surface area contributed by atoms with Crippen LogP contribution >= 0.6 is 34.2 Å². The van der Waals surface area contributed by atoms with Crippen LogP contribution in [-0.4, -0.2) is 5.88 Å². The lowest BCUT2D eigenvalue weighted by molar-refractivity contribution is 0.528. The highest BCUT2D eigenvalue weighted by Gasteiger charge is 1.91. The summed E-state index contributed by atoms with van der Waals surface area (Å²) in [5.41, 5.74) is 0. The maximum Gasteiger partial charge on any atom is 0.164 e. The second-order valence-corrected chi connectivity index (χ2v) is 3.07. The standard InChI is InChI=1S/C7H6ClIO/c8-5-1-2-6-3-4-7(9)10-6/h1-4H,5H2. The van der Waals surface area contributed by atoms with Crippen LogP contribution in [0.25, 0.3) is 6.08 Å². The Labute approximate surface area is 78.2 Å². The van der Waals surface area contributed by atoms with Gasteiger partial charge in [0.2, 0.25) is 0 Å². The first-order valence-corrected chi connectivity index (χ1v) is 4.42. The fourth-order valence-corrected chi connectivity index (χ4v) is 1.10. The van der Waals surface area contributed by atoms with Crippen LogP contribution in [0.1, 0.15) is 5.76 Å². The van der Waals surface area contributed by atoms with Gasteiger partial charge < -0.3 is 4.42 Å². The second kappa shape index (κ2) is 4.03. The summed E-state index contributed by atoms with van der Waals surface area (Å²) in [4.78, 5) is 0. The Morgan fingerprint density at radius 2 is 2.40 bits per heavy atom. The number of hydrogen-bond donors (Lipinski definition) is 0. The molecule has 0 bridgehead atoms. The van der Waals surface area contributed by atoms with Crippen molar-refractivity contribution in [3.05, 3.63) is 27.7 Å². The number of halogens is 2. The highest BCUT2D eigenvalue weighted by Crippen LogP contribution is 2.11. The van der Waals surface area contributed by atoms with Crippen molar-refractivity contribution < 1.29 is 4.42 Å². The summed E-state index contributed by atoms with van der Waals surface area (Å²) in [6.45, 7) is 0. The number of furan rings is 1. The molecular weight excluding hydrogens is 262 g/mol. The van der Waals surface area contributed by atoms with Crippen molar-refractivity contribution in [2.75, 3.05) is 5.88 Å². The average Bonchev–Trinajstić information content (AvgIpc) is 2.31. The first-order valence-electron chi connectivity index (χ1n) is 2.81. The molecule has 1 nitrogen and oxygen atoms in total. The predicted molar refractivity (Wildman–Crippen MR) is 51.2 cm³/mol. The summed E-state index contributed by atoms with van der Waals surface area (Å²) in [5, 5.41) is 0. The van der Waals surface area contributed by atoms with Crippen molar-refractivity contribution >= 4 is 40.3 Å². The molecule has 0 aliphatic heterocycles. The van der Waals surface area contributed by atoms with E-state index in [1.54, 1.807) is 0 Å². The Morgan fingerprint density at radius 3 is 2.90 bits per heavy atom. The van der Waals surface area contributed by atoms with Crippen molar-refractivity contribution in [3.8, 4) is 0 Å². The summed E-state index contributed by atoms with van der Waals surface area (Å²) in [7, 11) is 0. The minimum Gasteiger partial charge on any atom is -0.451 e. The van der Waals surface area contributed by atoms with Crippen molar-refractivity contribution in [1.82, 2.24) is 0 Å². The van der Waals surface area contributed by atoms with Gasteiger partial charge in [-0.1, -0.05) is 6.08 Å². The Hall–Kier alpha value is 0.0400. The molecule has 1 heterocycles. The Balaban J connectivity index is 2.67. The number of alkyl halides is 1. The largest absolute Gasteiger partial charge is 0.451 e. The third-order valence-corrected chi connectivity index (χ3v) is 1.72. The fourth-order valence-electron chi connectivity index (χ4n) is 0.579. The maximum atomic E-state index is 5.43. The smallest absolute Gasteiger partial charge is 0.164 e. The molecule has 0 saturated carbocycles. The predicted octanol–water partition coefficient (Wildman–Crippen LogP) is 3.14. The number of allylic oxidation sites excluding steroid dienone is 1. The van der Waals surface area contributed by atoms with E-state index in [9.17, 15) is 0 Å². The van der Waals surface area contributed by atoms with Gasteiger partial charge in [0, 0.05) is 5.88 Å². The van der Waals surface area contributed by atoms with Crippen LogP contribution in [0.5, 0.6) is 0 Å². The summed E-state index contributed by atoms with van der Waals surface area (Å²) in [5.74, 6) is 1.38. The minimum absolute atomic E-state index is 0.525. The molecule has 0 fully saturated rings. The normalized spacial score (nSPS) is 11.0. The van der Waals surface area contributed by atoms with E-state index in [2.05, 4.69) is 22.6 Å². The van der Waals surface area contributed by atoms with Gasteiger partial charge in [0.05, 0.1) is 0 Å². The van der Waals surface area contributed by atoms with Gasteiger partial charge in [0.1, 0.15) is 5.76 Å². The van der Waals surface area contributed by atoms with Crippen LogP contribution in [0, 0.1) is 3.77 Å². The lowest BCUT2D eigenvalue weighted by Crippen LogP contribution is -1.61. The van der Waals surface area contributed by atoms with Gasteiger partial charge >= 0.3 is 0 Å². The lowest BCUT2D eigenvalue weighted by Gasteiger charge is -1.80. The maximum absolute atomic E-state index is 5.43. The molecule has 0 N–H and O–H groups in total. The van der Waals surface area contributed by atoms with Crippen LogP contribution in [-0.2, 0) is 0 Å². The molecule has 0 saturated heterocycles. The zero-order chi connectivity index (χ0) is 7.40. The van der Waals surface area contributed by atoms with Gasteiger partial charge in [-0.2, -0.15) is 0 Å². The van der Waals surface area contributed by atoms with Crippen molar-refractivity contribution in [2.24, 2.45) is 0 Å². The van der Waals surface area contributed by atoms with Crippen LogP contribution in [0.4, 0.5) is 0 Å². The van der Waals surface area contributed by atoms with Gasteiger partial charge in [-0.05, 0) is 40.8 Å². The molecule has 0 aromatic carbocycles. The van der Waals surface area contributed by atoms with Crippen molar-refractivity contribution in [2.45, 2.75) is 0 Å². The van der Waals surface area contributed by atoms with E-state index in [0.29, 0.717) is 5.88 Å². The topological polar surface area (TPSA) is 13.1 Å². The van der Waals surface area contributed by atoms with Crippen LogP contribution in [0.3, 0.4) is 0 Å². The third kappa shape index (κ3) is 2.34. The van der Waals surface area contributed by atoms with Gasteiger partial charge in [-0.25, -0.2) is 0 Å². The molecule has 0 unspecified atom stereocenters. The van der Waals surface area contributed by atoms with E-state index in [0.717, 1.165) is 9.53 Å². The fraction of sp³-hybridized carbons (Fsp3) is 0.143. The highest BCUT2D eigenvalue weighted by atomic mass is 127. The van der Waals surface area contributed by atoms with Crippen LogP contribution in [0.2, 0.25) is 0 Å². The van der Waals surface area contributed by atoms with E-state index in [4.69, 9.17) is 16.0 Å².